The van der Waals surface area contributed by atoms with E-state index in [1.807, 2.05) is 36.4 Å². The Morgan fingerprint density at radius 3 is 2.00 bits per heavy atom. The Labute approximate surface area is 195 Å². The monoisotopic (exact) mass is 452 g/mol. The number of rotatable bonds is 6. The molecule has 1 aromatic heterocycles. The van der Waals surface area contributed by atoms with Crippen molar-refractivity contribution in [2.75, 3.05) is 7.11 Å². The lowest BCUT2D eigenvalue weighted by Crippen LogP contribution is -2.06. The lowest BCUT2D eigenvalue weighted by molar-refractivity contribution is 0.412. The highest BCUT2D eigenvalue weighted by molar-refractivity contribution is 5.97. The fourth-order valence-electron chi connectivity index (χ4n) is 3.62. The lowest BCUT2D eigenvalue weighted by atomic mass is 10.0. The minimum Gasteiger partial charge on any atom is -0.508 e. The van der Waals surface area contributed by atoms with E-state index in [-0.39, 0.29) is 11.5 Å². The van der Waals surface area contributed by atoms with Crippen molar-refractivity contribution in [2.45, 2.75) is 0 Å². The maximum Gasteiger partial charge on any atom is 0.380 e. The van der Waals surface area contributed by atoms with Gasteiger partial charge in [0.05, 0.1) is 7.11 Å². The molecule has 34 heavy (non-hydrogen) atoms. The van der Waals surface area contributed by atoms with Crippen molar-refractivity contribution in [2.24, 2.45) is 0 Å². The quantitative estimate of drug-likeness (QED) is 0.287. The van der Waals surface area contributed by atoms with Crippen molar-refractivity contribution >= 4 is 11.0 Å². The summed E-state index contributed by atoms with van der Waals surface area (Å²) in [6, 6.07) is 28.2. The number of aromatic hydroxyl groups is 1. The number of phenols is 1. The zero-order valence-electron chi connectivity index (χ0n) is 18.2. The first-order chi connectivity index (χ1) is 16.6. The number of fused-ring (bicyclic) bond motifs is 1. The van der Waals surface area contributed by atoms with Crippen LogP contribution in [0.15, 0.2) is 106 Å². The zero-order chi connectivity index (χ0) is 23.5. The minimum atomic E-state index is -0.631. The Kier molecular flexibility index (Phi) is 5.62. The maximum absolute atomic E-state index is 13.0. The first-order valence-corrected chi connectivity index (χ1v) is 10.6. The van der Waals surface area contributed by atoms with Gasteiger partial charge in [-0.2, -0.15) is 0 Å². The summed E-state index contributed by atoms with van der Waals surface area (Å²) in [5.74, 6) is 2.52. The van der Waals surface area contributed by atoms with Crippen molar-refractivity contribution in [3.8, 4) is 45.6 Å². The molecule has 0 atom stereocenters. The third-order valence-electron chi connectivity index (χ3n) is 5.25. The summed E-state index contributed by atoms with van der Waals surface area (Å²) in [6.45, 7) is 0. The predicted molar refractivity (Wildman–Crippen MR) is 129 cm³/mol. The zero-order valence-corrected chi connectivity index (χ0v) is 18.2. The first-order valence-electron chi connectivity index (χ1n) is 10.6. The first kappa shape index (κ1) is 21.2. The van der Waals surface area contributed by atoms with Crippen molar-refractivity contribution < 1.29 is 23.7 Å². The van der Waals surface area contributed by atoms with Crippen LogP contribution in [0.25, 0.3) is 22.1 Å². The van der Waals surface area contributed by atoms with Crippen LogP contribution in [0.4, 0.5) is 0 Å². The van der Waals surface area contributed by atoms with E-state index in [1.165, 1.54) is 0 Å². The average molecular weight is 452 g/mol. The molecule has 0 spiro atoms. The van der Waals surface area contributed by atoms with Crippen LogP contribution in [-0.2, 0) is 0 Å². The molecule has 6 nitrogen and oxygen atoms in total. The van der Waals surface area contributed by atoms with Crippen molar-refractivity contribution in [3.63, 3.8) is 0 Å². The van der Waals surface area contributed by atoms with Gasteiger partial charge in [-0.1, -0.05) is 30.3 Å². The third-order valence-corrected chi connectivity index (χ3v) is 5.25. The molecular formula is C28H20O6. The number of para-hydroxylation sites is 1. The molecule has 168 valence electrons. The molecule has 0 aliphatic heterocycles. The maximum atomic E-state index is 13.0. The summed E-state index contributed by atoms with van der Waals surface area (Å²) in [5.41, 5.74) is 0.984. The van der Waals surface area contributed by atoms with E-state index in [4.69, 9.17) is 18.6 Å². The SMILES string of the molecule is COc1ccc2c(-c3ccc(O)cc3)c(Oc3ccc(Oc4ccccc4)cc3)c(=O)oc2c1. The van der Waals surface area contributed by atoms with Crippen LogP contribution in [0.1, 0.15) is 0 Å². The second-order valence-corrected chi connectivity index (χ2v) is 7.49. The van der Waals surface area contributed by atoms with Crippen molar-refractivity contribution in [1.82, 2.24) is 0 Å². The number of methoxy groups -OCH3 is 1. The smallest absolute Gasteiger partial charge is 0.380 e. The van der Waals surface area contributed by atoms with E-state index in [0.717, 1.165) is 5.75 Å². The largest absolute Gasteiger partial charge is 0.508 e. The standard InChI is InChI=1S/C28H20O6/c1-31-23-15-16-24-25(17-23)34-28(30)27(26(24)18-7-9-19(29)10-8-18)33-22-13-11-21(12-14-22)32-20-5-3-2-4-6-20/h2-17,29H,1H3. The molecule has 0 amide bonds. The van der Waals surface area contributed by atoms with Gasteiger partial charge >= 0.3 is 5.63 Å². The summed E-state index contributed by atoms with van der Waals surface area (Å²) in [6.07, 6.45) is 0. The van der Waals surface area contributed by atoms with Crippen LogP contribution < -0.4 is 19.8 Å². The van der Waals surface area contributed by atoms with Gasteiger partial charge in [-0.3, -0.25) is 0 Å². The summed E-state index contributed by atoms with van der Waals surface area (Å²) in [5, 5.41) is 10.4. The lowest BCUT2D eigenvalue weighted by Gasteiger charge is -2.14. The molecular weight excluding hydrogens is 432 g/mol. The van der Waals surface area contributed by atoms with Gasteiger partial charge in [0, 0.05) is 17.0 Å². The van der Waals surface area contributed by atoms with E-state index < -0.39 is 5.63 Å². The highest BCUT2D eigenvalue weighted by Crippen LogP contribution is 2.38. The molecule has 0 saturated carbocycles. The Bertz CT molecular complexity index is 1490. The van der Waals surface area contributed by atoms with Crippen LogP contribution in [0.2, 0.25) is 0 Å². The van der Waals surface area contributed by atoms with Gasteiger partial charge < -0.3 is 23.7 Å². The molecule has 6 heteroatoms. The highest BCUT2D eigenvalue weighted by atomic mass is 16.5. The molecule has 1 heterocycles. The Balaban J connectivity index is 1.56. The van der Waals surface area contributed by atoms with Gasteiger partial charge in [-0.25, -0.2) is 4.79 Å². The summed E-state index contributed by atoms with van der Waals surface area (Å²) < 4.78 is 22.7. The van der Waals surface area contributed by atoms with Gasteiger partial charge in [0.2, 0.25) is 5.75 Å². The van der Waals surface area contributed by atoms with Crippen molar-refractivity contribution in [3.05, 3.63) is 107 Å². The van der Waals surface area contributed by atoms with Crippen LogP contribution in [-0.4, -0.2) is 12.2 Å². The fourth-order valence-corrected chi connectivity index (χ4v) is 3.62. The number of hydrogen-bond donors (Lipinski definition) is 1. The number of hydrogen-bond acceptors (Lipinski definition) is 6. The molecule has 5 rings (SSSR count). The van der Waals surface area contributed by atoms with Gasteiger partial charge in [0.1, 0.15) is 34.3 Å². The molecule has 0 saturated heterocycles. The molecule has 1 N–H and O–H groups in total. The van der Waals surface area contributed by atoms with E-state index in [9.17, 15) is 9.90 Å². The van der Waals surface area contributed by atoms with Crippen molar-refractivity contribution in [1.29, 1.82) is 0 Å². The van der Waals surface area contributed by atoms with Gasteiger partial charge in [0.25, 0.3) is 0 Å². The van der Waals surface area contributed by atoms with Crippen LogP contribution in [0.3, 0.4) is 0 Å². The van der Waals surface area contributed by atoms with Crippen LogP contribution >= 0.6 is 0 Å². The molecule has 0 aliphatic carbocycles. The second kappa shape index (κ2) is 9.03. The summed E-state index contributed by atoms with van der Waals surface area (Å²) in [7, 11) is 1.54. The van der Waals surface area contributed by atoms with Crippen LogP contribution in [0, 0.1) is 0 Å². The third kappa shape index (κ3) is 4.29. The van der Waals surface area contributed by atoms with Crippen LogP contribution in [0.5, 0.6) is 34.5 Å². The van der Waals surface area contributed by atoms with E-state index in [2.05, 4.69) is 0 Å². The molecule has 0 fully saturated rings. The summed E-state index contributed by atoms with van der Waals surface area (Å²) in [4.78, 5) is 13.0. The number of phenolic OH excluding ortho intramolecular Hbond substituents is 1. The fraction of sp³-hybridized carbons (Fsp3) is 0.0357. The van der Waals surface area contributed by atoms with Gasteiger partial charge in [-0.15, -0.1) is 0 Å². The summed E-state index contributed by atoms with van der Waals surface area (Å²) >= 11 is 0. The molecule has 4 aromatic carbocycles. The Morgan fingerprint density at radius 1 is 0.706 bits per heavy atom. The van der Waals surface area contributed by atoms with E-state index in [0.29, 0.717) is 39.3 Å². The number of ether oxygens (including phenoxy) is 3. The second-order valence-electron chi connectivity index (χ2n) is 7.49. The Morgan fingerprint density at radius 2 is 1.32 bits per heavy atom. The van der Waals surface area contributed by atoms with E-state index in [1.54, 1.807) is 67.8 Å². The van der Waals surface area contributed by atoms with E-state index >= 15 is 0 Å². The minimum absolute atomic E-state index is 0.0417. The number of benzene rings is 4. The highest BCUT2D eigenvalue weighted by Gasteiger charge is 2.19. The molecule has 0 aliphatic rings. The molecule has 0 bridgehead atoms. The topological polar surface area (TPSA) is 78.1 Å². The molecule has 5 aromatic rings. The molecule has 0 unspecified atom stereocenters. The predicted octanol–water partition coefficient (Wildman–Crippen LogP) is 6.76. The molecule has 0 radical (unpaired) electrons. The van der Waals surface area contributed by atoms with Gasteiger partial charge in [0.15, 0.2) is 0 Å². The average Bonchev–Trinajstić information content (AvgIpc) is 2.86. The Hall–Kier alpha value is -4.71. The normalized spacial score (nSPS) is 10.7. The van der Waals surface area contributed by atoms with Gasteiger partial charge in [-0.05, 0) is 66.2 Å².